The average molecular weight is 631 g/mol. The number of unbranched alkanes of at least 4 members (excludes halogenated alkanes) is 7. The smallest absolute Gasteiger partial charge is 0.166 e. The van der Waals surface area contributed by atoms with E-state index in [-0.39, 0.29) is 11.4 Å². The van der Waals surface area contributed by atoms with Crippen LogP contribution in [-0.4, -0.2) is 0 Å². The van der Waals surface area contributed by atoms with Gasteiger partial charge in [0.15, 0.2) is 11.6 Å². The number of hydrogen-bond donors (Lipinski definition) is 0. The summed E-state index contributed by atoms with van der Waals surface area (Å²) in [7, 11) is 0. The zero-order chi connectivity index (χ0) is 32.3. The summed E-state index contributed by atoms with van der Waals surface area (Å²) in [6.45, 7) is 4.53. The Balaban J connectivity index is 1.13. The SMILES string of the molecule is CCCCCCCCCCc1ccc(-c2ccc(-c3ccc(C4CCC(C5CCC(CCC)CC5)CC4)cc3F)cc2)c(F)c1F. The highest BCUT2D eigenvalue weighted by atomic mass is 19.2. The van der Waals surface area contributed by atoms with Gasteiger partial charge < -0.3 is 0 Å². The summed E-state index contributed by atoms with van der Waals surface area (Å²) in [5.41, 5.74) is 3.74. The molecule has 0 aliphatic heterocycles. The molecule has 46 heavy (non-hydrogen) atoms. The van der Waals surface area contributed by atoms with E-state index >= 15 is 8.78 Å². The standard InChI is InChI=1S/C43H57F3/c1-3-5-6-7-8-9-10-11-13-37-26-29-40(43(46)42(37)45)36-24-22-35(23-25-36)39-28-27-38(30-41(39)44)34-20-18-33(19-21-34)32-16-14-31(12-4-2)15-17-32/h22-34H,3-21H2,1-2H3. The lowest BCUT2D eigenvalue weighted by molar-refractivity contribution is 0.156. The van der Waals surface area contributed by atoms with Gasteiger partial charge in [-0.25, -0.2) is 13.2 Å². The molecule has 0 aromatic heterocycles. The Labute approximate surface area is 277 Å². The maximum atomic E-state index is 15.5. The third-order valence-electron chi connectivity index (χ3n) is 11.5. The Morgan fingerprint density at radius 3 is 1.72 bits per heavy atom. The highest BCUT2D eigenvalue weighted by Crippen LogP contribution is 2.45. The van der Waals surface area contributed by atoms with E-state index in [1.54, 1.807) is 30.3 Å². The van der Waals surface area contributed by atoms with Crippen LogP contribution in [0.3, 0.4) is 0 Å². The molecule has 0 radical (unpaired) electrons. The first-order valence-electron chi connectivity index (χ1n) is 18.9. The monoisotopic (exact) mass is 630 g/mol. The van der Waals surface area contributed by atoms with Gasteiger partial charge in [-0.3, -0.25) is 0 Å². The third-order valence-corrected chi connectivity index (χ3v) is 11.5. The van der Waals surface area contributed by atoms with Gasteiger partial charge >= 0.3 is 0 Å². The number of aryl methyl sites for hydroxylation is 1. The molecule has 0 amide bonds. The summed E-state index contributed by atoms with van der Waals surface area (Å²) in [4.78, 5) is 0. The molecular formula is C43H57F3. The summed E-state index contributed by atoms with van der Waals surface area (Å²) in [5.74, 6) is 1.42. The van der Waals surface area contributed by atoms with Crippen LogP contribution in [-0.2, 0) is 6.42 Å². The molecule has 2 aliphatic rings. The molecule has 2 saturated carbocycles. The van der Waals surface area contributed by atoms with E-state index in [1.807, 2.05) is 18.2 Å². The van der Waals surface area contributed by atoms with E-state index < -0.39 is 11.6 Å². The van der Waals surface area contributed by atoms with E-state index in [1.165, 1.54) is 83.5 Å². The summed E-state index contributed by atoms with van der Waals surface area (Å²) >= 11 is 0. The zero-order valence-corrected chi connectivity index (χ0v) is 28.6. The fourth-order valence-electron chi connectivity index (χ4n) is 8.58. The van der Waals surface area contributed by atoms with Gasteiger partial charge in [0.1, 0.15) is 5.82 Å². The number of halogens is 3. The van der Waals surface area contributed by atoms with Crippen molar-refractivity contribution < 1.29 is 13.2 Å². The third kappa shape index (κ3) is 9.07. The minimum Gasteiger partial charge on any atom is -0.206 e. The van der Waals surface area contributed by atoms with Gasteiger partial charge in [0.2, 0.25) is 0 Å². The second-order valence-electron chi connectivity index (χ2n) is 14.6. The van der Waals surface area contributed by atoms with Crippen molar-refractivity contribution in [3.05, 3.63) is 83.2 Å². The fourth-order valence-corrected chi connectivity index (χ4v) is 8.58. The van der Waals surface area contributed by atoms with Crippen LogP contribution < -0.4 is 0 Å². The summed E-state index contributed by atoms with van der Waals surface area (Å²) in [6.07, 6.45) is 23.2. The molecule has 0 atom stereocenters. The Morgan fingerprint density at radius 1 is 0.543 bits per heavy atom. The van der Waals surface area contributed by atoms with Crippen LogP contribution in [0.15, 0.2) is 54.6 Å². The van der Waals surface area contributed by atoms with E-state index in [0.29, 0.717) is 29.0 Å². The van der Waals surface area contributed by atoms with Crippen molar-refractivity contribution in [1.29, 1.82) is 0 Å². The highest BCUT2D eigenvalue weighted by Gasteiger charge is 2.31. The first kappa shape index (κ1) is 34.8. The van der Waals surface area contributed by atoms with Gasteiger partial charge in [-0.2, -0.15) is 0 Å². The molecule has 3 heteroatoms. The lowest BCUT2D eigenvalue weighted by Crippen LogP contribution is -2.25. The molecule has 250 valence electrons. The summed E-state index contributed by atoms with van der Waals surface area (Å²) in [5, 5.41) is 0. The van der Waals surface area contributed by atoms with Gasteiger partial charge in [0, 0.05) is 11.1 Å². The quantitative estimate of drug-likeness (QED) is 0.147. The Hall–Kier alpha value is -2.55. The maximum absolute atomic E-state index is 15.5. The predicted octanol–water partition coefficient (Wildman–Crippen LogP) is 14.0. The lowest BCUT2D eigenvalue weighted by Gasteiger charge is -2.38. The minimum absolute atomic E-state index is 0.204. The maximum Gasteiger partial charge on any atom is 0.166 e. The molecule has 0 N–H and O–H groups in total. The molecule has 0 nitrogen and oxygen atoms in total. The Kier molecular flexibility index (Phi) is 13.3. The van der Waals surface area contributed by atoms with E-state index in [9.17, 15) is 4.39 Å². The molecule has 3 aromatic rings. The van der Waals surface area contributed by atoms with Crippen molar-refractivity contribution in [3.63, 3.8) is 0 Å². The summed E-state index contributed by atoms with van der Waals surface area (Å²) in [6, 6.07) is 16.4. The lowest BCUT2D eigenvalue weighted by atomic mass is 9.68. The van der Waals surface area contributed by atoms with Gasteiger partial charge in [0.05, 0.1) is 0 Å². The van der Waals surface area contributed by atoms with Crippen LogP contribution in [0.2, 0.25) is 0 Å². The van der Waals surface area contributed by atoms with Crippen LogP contribution in [0, 0.1) is 35.2 Å². The first-order chi connectivity index (χ1) is 22.5. The molecule has 0 spiro atoms. The van der Waals surface area contributed by atoms with Crippen molar-refractivity contribution in [1.82, 2.24) is 0 Å². The molecule has 5 rings (SSSR count). The van der Waals surface area contributed by atoms with Crippen molar-refractivity contribution >= 4 is 0 Å². The minimum atomic E-state index is -0.792. The zero-order valence-electron chi connectivity index (χ0n) is 28.6. The number of rotatable bonds is 15. The fraction of sp³-hybridized carbons (Fsp3) is 0.581. The largest absolute Gasteiger partial charge is 0.206 e. The number of hydrogen-bond acceptors (Lipinski definition) is 0. The molecular weight excluding hydrogens is 573 g/mol. The van der Waals surface area contributed by atoms with Crippen molar-refractivity contribution in [2.75, 3.05) is 0 Å². The number of benzene rings is 3. The van der Waals surface area contributed by atoms with Crippen LogP contribution in [0.1, 0.15) is 146 Å². The van der Waals surface area contributed by atoms with Crippen molar-refractivity contribution in [2.24, 2.45) is 17.8 Å². The normalized spacial score (nSPS) is 21.8. The van der Waals surface area contributed by atoms with E-state index in [0.717, 1.165) is 61.0 Å². The molecule has 3 aromatic carbocycles. The van der Waals surface area contributed by atoms with Gasteiger partial charge in [0.25, 0.3) is 0 Å². The molecule has 0 unspecified atom stereocenters. The highest BCUT2D eigenvalue weighted by molar-refractivity contribution is 5.71. The average Bonchev–Trinajstić information content (AvgIpc) is 3.08. The van der Waals surface area contributed by atoms with E-state index in [2.05, 4.69) is 19.9 Å². The second-order valence-corrected chi connectivity index (χ2v) is 14.6. The van der Waals surface area contributed by atoms with Crippen LogP contribution in [0.5, 0.6) is 0 Å². The van der Waals surface area contributed by atoms with Crippen LogP contribution >= 0.6 is 0 Å². The van der Waals surface area contributed by atoms with Gasteiger partial charge in [-0.05, 0) is 103 Å². The molecule has 2 fully saturated rings. The van der Waals surface area contributed by atoms with Crippen molar-refractivity contribution in [3.8, 4) is 22.3 Å². The van der Waals surface area contributed by atoms with Crippen LogP contribution in [0.25, 0.3) is 22.3 Å². The Morgan fingerprint density at radius 2 is 1.11 bits per heavy atom. The molecule has 2 aliphatic carbocycles. The van der Waals surface area contributed by atoms with Crippen molar-refractivity contribution in [2.45, 2.75) is 142 Å². The molecule has 0 heterocycles. The predicted molar refractivity (Wildman–Crippen MR) is 189 cm³/mol. The Bertz CT molecular complexity index is 1340. The molecule has 0 bridgehead atoms. The first-order valence-corrected chi connectivity index (χ1v) is 18.9. The van der Waals surface area contributed by atoms with Crippen LogP contribution in [0.4, 0.5) is 13.2 Å². The van der Waals surface area contributed by atoms with E-state index in [4.69, 9.17) is 0 Å². The molecule has 0 saturated heterocycles. The topological polar surface area (TPSA) is 0 Å². The van der Waals surface area contributed by atoms with Gasteiger partial charge in [-0.15, -0.1) is 0 Å². The second kappa shape index (κ2) is 17.6. The van der Waals surface area contributed by atoms with Gasteiger partial charge in [-0.1, -0.05) is 133 Å². The summed E-state index contributed by atoms with van der Waals surface area (Å²) < 4.78 is 45.6.